The van der Waals surface area contributed by atoms with Crippen molar-refractivity contribution in [3.05, 3.63) is 94.5 Å². The zero-order chi connectivity index (χ0) is 27.5. The summed E-state index contributed by atoms with van der Waals surface area (Å²) in [5, 5.41) is 30.2. The number of carbonyl (C=O) groups excluding carboxylic acids is 1. The van der Waals surface area contributed by atoms with Gasteiger partial charge in [0.2, 0.25) is 0 Å². The number of aromatic carboxylic acids is 1. The molecule has 0 aliphatic carbocycles. The van der Waals surface area contributed by atoms with Crippen LogP contribution >= 0.6 is 0 Å². The predicted octanol–water partition coefficient (Wildman–Crippen LogP) is 3.80. The molecule has 1 amide bonds. The second-order valence-corrected chi connectivity index (χ2v) is 9.60. The molecule has 9 heteroatoms. The molecule has 1 aliphatic rings. The fourth-order valence-corrected chi connectivity index (χ4v) is 4.97. The van der Waals surface area contributed by atoms with Crippen LogP contribution < -0.4 is 0 Å². The molecule has 2 heterocycles. The maximum Gasteiger partial charge on any atom is 0.336 e. The number of hydrogen-bond donors (Lipinski definition) is 4. The van der Waals surface area contributed by atoms with Gasteiger partial charge in [-0.2, -0.15) is 0 Å². The average molecular weight is 527 g/mol. The van der Waals surface area contributed by atoms with E-state index < -0.39 is 5.97 Å². The lowest BCUT2D eigenvalue weighted by Crippen LogP contribution is -2.49. The van der Waals surface area contributed by atoms with E-state index in [2.05, 4.69) is 9.88 Å². The Morgan fingerprint density at radius 2 is 1.64 bits per heavy atom. The third-order valence-electron chi connectivity index (χ3n) is 7.07. The smallest absolute Gasteiger partial charge is 0.336 e. The second-order valence-electron chi connectivity index (χ2n) is 9.60. The fraction of sp³-hybridized carbons (Fsp3) is 0.233. The summed E-state index contributed by atoms with van der Waals surface area (Å²) in [5.41, 5.74) is 4.15. The monoisotopic (exact) mass is 526 g/mol. The summed E-state index contributed by atoms with van der Waals surface area (Å²) in [7, 11) is 0. The molecular weight excluding hydrogens is 496 g/mol. The number of fused-ring (bicyclic) bond motifs is 1. The van der Waals surface area contributed by atoms with E-state index in [1.165, 1.54) is 6.07 Å². The number of aryl methyl sites for hydroxylation is 1. The summed E-state index contributed by atoms with van der Waals surface area (Å²) in [5.74, 6) is -1.19. The van der Waals surface area contributed by atoms with Crippen molar-refractivity contribution in [3.8, 4) is 5.88 Å². The van der Waals surface area contributed by atoms with Crippen molar-refractivity contribution in [2.75, 3.05) is 39.3 Å². The molecule has 39 heavy (non-hydrogen) atoms. The first-order valence-electron chi connectivity index (χ1n) is 12.8. The first-order valence-corrected chi connectivity index (χ1v) is 12.8. The van der Waals surface area contributed by atoms with Crippen LogP contribution in [0.4, 0.5) is 5.69 Å². The quantitative estimate of drug-likeness (QED) is 0.271. The summed E-state index contributed by atoms with van der Waals surface area (Å²) in [6, 6.07) is 19.8. The molecule has 200 valence electrons. The molecule has 0 radical (unpaired) electrons. The Bertz CT molecular complexity index is 1540. The van der Waals surface area contributed by atoms with E-state index in [1.807, 2.05) is 35.2 Å². The van der Waals surface area contributed by atoms with E-state index in [0.29, 0.717) is 58.6 Å². The lowest BCUT2D eigenvalue weighted by molar-refractivity contribution is 0.0614. The highest BCUT2D eigenvalue weighted by atomic mass is 16.4. The highest BCUT2D eigenvalue weighted by Gasteiger charge is 2.23. The molecule has 1 aliphatic heterocycles. The third kappa shape index (κ3) is 5.41. The normalized spacial score (nSPS) is 14.6. The van der Waals surface area contributed by atoms with E-state index in [-0.39, 0.29) is 24.0 Å². The molecule has 0 saturated carbocycles. The van der Waals surface area contributed by atoms with Gasteiger partial charge in [-0.05, 0) is 48.9 Å². The molecule has 0 spiro atoms. The van der Waals surface area contributed by atoms with Crippen LogP contribution in [-0.2, 0) is 0 Å². The first kappa shape index (κ1) is 26.1. The molecule has 4 aromatic rings. The minimum absolute atomic E-state index is 0.0450. The standard InChI is InChI=1S/C30H30N4O5/c1-19-17-24-25(18-23(19)30(38)39)32-28(36)26(24)27(20-5-3-2-4-6-20)31-22-9-7-21(8-10-22)29(37)34-13-11-33(12-14-34)15-16-35/h2-10,17-18,32,35-36H,11-16H2,1H3,(H,38,39). The Hall–Kier alpha value is -4.47. The first-order chi connectivity index (χ1) is 18.9. The lowest BCUT2D eigenvalue weighted by Gasteiger charge is -2.34. The fourth-order valence-electron chi connectivity index (χ4n) is 4.97. The van der Waals surface area contributed by atoms with Gasteiger partial charge in [0.15, 0.2) is 5.88 Å². The topological polar surface area (TPSA) is 129 Å². The number of nitrogens with one attached hydrogen (secondary N) is 1. The number of aliphatic hydroxyl groups excluding tert-OH is 1. The van der Waals surface area contributed by atoms with Gasteiger partial charge in [-0.3, -0.25) is 9.69 Å². The van der Waals surface area contributed by atoms with Crippen molar-refractivity contribution in [1.29, 1.82) is 0 Å². The molecule has 5 rings (SSSR count). The number of aliphatic imine (C=N–C) groups is 1. The van der Waals surface area contributed by atoms with Crippen molar-refractivity contribution in [1.82, 2.24) is 14.8 Å². The number of carboxylic acids is 1. The number of nitrogens with zero attached hydrogens (tertiary/aromatic N) is 3. The number of hydrogen-bond acceptors (Lipinski definition) is 6. The zero-order valence-electron chi connectivity index (χ0n) is 21.6. The van der Waals surface area contributed by atoms with E-state index in [4.69, 9.17) is 10.1 Å². The maximum absolute atomic E-state index is 13.0. The summed E-state index contributed by atoms with van der Waals surface area (Å²) in [6.07, 6.45) is 0. The van der Waals surface area contributed by atoms with Crippen LogP contribution in [0.2, 0.25) is 0 Å². The molecule has 0 unspecified atom stereocenters. The molecule has 1 fully saturated rings. The van der Waals surface area contributed by atoms with Crippen molar-refractivity contribution < 1.29 is 24.9 Å². The highest BCUT2D eigenvalue weighted by Crippen LogP contribution is 2.33. The summed E-state index contributed by atoms with van der Waals surface area (Å²) >= 11 is 0. The van der Waals surface area contributed by atoms with Gasteiger partial charge in [-0.1, -0.05) is 30.3 Å². The van der Waals surface area contributed by atoms with E-state index in [9.17, 15) is 19.8 Å². The van der Waals surface area contributed by atoms with Crippen LogP contribution in [-0.4, -0.2) is 87.0 Å². The number of rotatable bonds is 7. The van der Waals surface area contributed by atoms with E-state index in [0.717, 1.165) is 18.7 Å². The Morgan fingerprint density at radius 1 is 0.949 bits per heavy atom. The number of aromatic hydroxyl groups is 1. The zero-order valence-corrected chi connectivity index (χ0v) is 21.6. The van der Waals surface area contributed by atoms with Crippen LogP contribution in [0.5, 0.6) is 5.88 Å². The molecule has 3 aromatic carbocycles. The van der Waals surface area contributed by atoms with Crippen molar-refractivity contribution in [3.63, 3.8) is 0 Å². The van der Waals surface area contributed by atoms with E-state index in [1.54, 1.807) is 37.3 Å². The number of H-pyrrole nitrogens is 1. The largest absolute Gasteiger partial charge is 0.494 e. The number of aromatic amines is 1. The van der Waals surface area contributed by atoms with Gasteiger partial charge in [0.25, 0.3) is 5.91 Å². The maximum atomic E-state index is 13.0. The van der Waals surface area contributed by atoms with Gasteiger partial charge in [-0.15, -0.1) is 0 Å². The van der Waals surface area contributed by atoms with Crippen molar-refractivity contribution >= 4 is 34.2 Å². The van der Waals surface area contributed by atoms with Crippen molar-refractivity contribution in [2.45, 2.75) is 6.92 Å². The minimum atomic E-state index is -1.04. The number of benzene rings is 3. The number of aromatic nitrogens is 1. The number of amides is 1. The minimum Gasteiger partial charge on any atom is -0.494 e. The number of β-amino-alcohol motifs (C(OH)–C–C–N with tert-alkyl or cyclic N) is 1. The molecule has 0 bridgehead atoms. The van der Waals surface area contributed by atoms with Gasteiger partial charge in [0.05, 0.1) is 29.1 Å². The highest BCUT2D eigenvalue weighted by molar-refractivity contribution is 6.22. The molecule has 0 atom stereocenters. The molecule has 1 saturated heterocycles. The summed E-state index contributed by atoms with van der Waals surface area (Å²) in [4.78, 5) is 36.4. The summed E-state index contributed by atoms with van der Waals surface area (Å²) < 4.78 is 0. The van der Waals surface area contributed by atoms with Crippen LogP contribution in [0.3, 0.4) is 0 Å². The van der Waals surface area contributed by atoms with Crippen LogP contribution in [0.15, 0.2) is 71.7 Å². The molecule has 4 N–H and O–H groups in total. The van der Waals surface area contributed by atoms with Crippen LogP contribution in [0.1, 0.15) is 37.4 Å². The third-order valence-corrected chi connectivity index (χ3v) is 7.07. The van der Waals surface area contributed by atoms with Gasteiger partial charge < -0.3 is 25.2 Å². The predicted molar refractivity (Wildman–Crippen MR) is 149 cm³/mol. The number of aliphatic hydroxyl groups is 1. The number of carbonyl (C=O) groups is 2. The Balaban J connectivity index is 1.49. The molecule has 9 nitrogen and oxygen atoms in total. The van der Waals surface area contributed by atoms with Gasteiger partial charge >= 0.3 is 5.97 Å². The van der Waals surface area contributed by atoms with Crippen LogP contribution in [0, 0.1) is 6.92 Å². The summed E-state index contributed by atoms with van der Waals surface area (Å²) in [6.45, 7) is 5.13. The molecule has 1 aromatic heterocycles. The Labute approximate surface area is 225 Å². The second kappa shape index (κ2) is 11.1. The lowest BCUT2D eigenvalue weighted by atomic mass is 9.98. The SMILES string of the molecule is Cc1cc2c(C(=Nc3ccc(C(=O)N4CCN(CCO)CC4)cc3)c3ccccc3)c(O)[nH]c2cc1C(=O)O. The number of carboxylic acid groups (broad SMARTS) is 1. The average Bonchev–Trinajstić information content (AvgIpc) is 3.26. The van der Waals surface area contributed by atoms with Crippen molar-refractivity contribution in [2.24, 2.45) is 4.99 Å². The van der Waals surface area contributed by atoms with Gasteiger partial charge in [-0.25, -0.2) is 9.79 Å². The van der Waals surface area contributed by atoms with Gasteiger partial charge in [0.1, 0.15) is 0 Å². The van der Waals surface area contributed by atoms with Crippen LogP contribution in [0.25, 0.3) is 10.9 Å². The Kier molecular flexibility index (Phi) is 7.44. The van der Waals surface area contributed by atoms with Gasteiger partial charge in [0, 0.05) is 54.8 Å². The van der Waals surface area contributed by atoms with E-state index >= 15 is 0 Å². The Morgan fingerprint density at radius 3 is 2.28 bits per heavy atom. The molecular formula is C30H30N4O5. The number of piperazine rings is 1.